The van der Waals surface area contributed by atoms with Gasteiger partial charge in [0.25, 0.3) is 0 Å². The lowest BCUT2D eigenvalue weighted by molar-refractivity contribution is 0.398. The Morgan fingerprint density at radius 2 is 1.50 bits per heavy atom. The molecular weight excluding hydrogens is 152 g/mol. The van der Waals surface area contributed by atoms with Gasteiger partial charge in [0.15, 0.2) is 0 Å². The maximum Gasteiger partial charge on any atom is 0.0894 e. The average molecular weight is 164 g/mol. The molecule has 0 aliphatic carbocycles. The van der Waals surface area contributed by atoms with Crippen molar-refractivity contribution in [3.05, 3.63) is 25.3 Å². The molecule has 0 saturated heterocycles. The van der Waals surface area contributed by atoms with Gasteiger partial charge in [-0.3, -0.25) is 0 Å². The lowest BCUT2D eigenvalue weighted by atomic mass is 10.8. The summed E-state index contributed by atoms with van der Waals surface area (Å²) in [4.78, 5) is 0. The van der Waals surface area contributed by atoms with Crippen LogP contribution in [0.1, 0.15) is 0 Å². The first-order valence-electron chi connectivity index (χ1n) is 2.74. The first kappa shape index (κ1) is 9.55. The van der Waals surface area contributed by atoms with Gasteiger partial charge in [0, 0.05) is 0 Å². The smallest absolute Gasteiger partial charge is 0.0894 e. The van der Waals surface area contributed by atoms with E-state index in [0.29, 0.717) is 0 Å². The van der Waals surface area contributed by atoms with Crippen molar-refractivity contribution in [3.8, 4) is 0 Å². The third-order valence-electron chi connectivity index (χ3n) is 0.906. The molecule has 0 aromatic carbocycles. The Labute approximate surface area is 60.5 Å². The van der Waals surface area contributed by atoms with E-state index < -0.39 is 9.63 Å². The van der Waals surface area contributed by atoms with Crippen LogP contribution in [0.25, 0.3) is 0 Å². The molecule has 0 unspecified atom stereocenters. The van der Waals surface area contributed by atoms with Crippen molar-refractivity contribution in [2.75, 3.05) is 11.5 Å². The molecule has 0 fully saturated rings. The second-order valence-electron chi connectivity index (χ2n) is 2.10. The molecule has 0 rings (SSSR count). The minimum atomic E-state index is -4.41. The summed E-state index contributed by atoms with van der Waals surface area (Å²) in [6.45, 7) is 6.49. The maximum absolute atomic E-state index is 11.0. The SMILES string of the molecule is C=CCS(=O)(O)(O)CC=C. The van der Waals surface area contributed by atoms with E-state index in [9.17, 15) is 4.21 Å². The molecule has 0 saturated carbocycles. The Balaban J connectivity index is 4.41. The predicted octanol–water partition coefficient (Wildman–Crippen LogP) is 1.12. The minimum Gasteiger partial charge on any atom is -0.307 e. The second kappa shape index (κ2) is 2.65. The van der Waals surface area contributed by atoms with E-state index >= 15 is 0 Å². The zero-order chi connectivity index (χ0) is 8.28. The van der Waals surface area contributed by atoms with Crippen molar-refractivity contribution >= 4 is 9.63 Å². The van der Waals surface area contributed by atoms with E-state index in [0.717, 1.165) is 0 Å². The lowest BCUT2D eigenvalue weighted by Gasteiger charge is -2.27. The molecule has 60 valence electrons. The average Bonchev–Trinajstić information content (AvgIpc) is 1.61. The van der Waals surface area contributed by atoms with E-state index in [1.54, 1.807) is 0 Å². The summed E-state index contributed by atoms with van der Waals surface area (Å²) in [5.41, 5.74) is 0. The summed E-state index contributed by atoms with van der Waals surface area (Å²) in [5.74, 6) is -0.605. The number of hydrogen-bond donors (Lipinski definition) is 2. The molecule has 0 aliphatic rings. The molecule has 10 heavy (non-hydrogen) atoms. The van der Waals surface area contributed by atoms with Crippen molar-refractivity contribution in [1.29, 1.82) is 0 Å². The summed E-state index contributed by atoms with van der Waals surface area (Å²) in [6.07, 6.45) is 2.41. The van der Waals surface area contributed by atoms with Crippen LogP contribution in [0.2, 0.25) is 0 Å². The third-order valence-corrected chi connectivity index (χ3v) is 2.72. The summed E-state index contributed by atoms with van der Waals surface area (Å²) < 4.78 is 28.8. The molecule has 0 aliphatic heterocycles. The zero-order valence-electron chi connectivity index (χ0n) is 5.69. The highest BCUT2D eigenvalue weighted by atomic mass is 32.3. The van der Waals surface area contributed by atoms with Crippen molar-refractivity contribution in [1.82, 2.24) is 0 Å². The van der Waals surface area contributed by atoms with Crippen LogP contribution >= 0.6 is 0 Å². The van der Waals surface area contributed by atoms with Gasteiger partial charge in [0.1, 0.15) is 0 Å². The highest BCUT2D eigenvalue weighted by molar-refractivity contribution is 8.10. The molecular formula is C6H12O3S. The zero-order valence-corrected chi connectivity index (χ0v) is 6.51. The van der Waals surface area contributed by atoms with Crippen molar-refractivity contribution < 1.29 is 13.3 Å². The van der Waals surface area contributed by atoms with Crippen LogP contribution in [0.3, 0.4) is 0 Å². The molecule has 0 heterocycles. The van der Waals surface area contributed by atoms with Crippen LogP contribution in [0.4, 0.5) is 0 Å². The predicted molar refractivity (Wildman–Crippen MR) is 43.5 cm³/mol. The fourth-order valence-electron chi connectivity index (χ4n) is 0.542. The van der Waals surface area contributed by atoms with Gasteiger partial charge < -0.3 is 9.11 Å². The summed E-state index contributed by atoms with van der Waals surface area (Å²) >= 11 is 0. The molecule has 0 amide bonds. The third kappa shape index (κ3) is 3.55. The number of hydrogen-bond acceptors (Lipinski definition) is 1. The van der Waals surface area contributed by atoms with Crippen LogP contribution in [-0.2, 0) is 9.63 Å². The Hall–Kier alpha value is -0.450. The molecule has 3 nitrogen and oxygen atoms in total. The van der Waals surface area contributed by atoms with Gasteiger partial charge >= 0.3 is 0 Å². The largest absolute Gasteiger partial charge is 0.307 e. The monoisotopic (exact) mass is 164 g/mol. The highest BCUT2D eigenvalue weighted by Crippen LogP contribution is 2.15. The van der Waals surface area contributed by atoms with Crippen molar-refractivity contribution in [3.63, 3.8) is 0 Å². The van der Waals surface area contributed by atoms with Crippen LogP contribution in [0.5, 0.6) is 0 Å². The van der Waals surface area contributed by atoms with Crippen LogP contribution < -0.4 is 0 Å². The van der Waals surface area contributed by atoms with Gasteiger partial charge in [-0.1, -0.05) is 12.2 Å². The van der Waals surface area contributed by atoms with Gasteiger partial charge in [-0.2, -0.15) is 0 Å². The van der Waals surface area contributed by atoms with E-state index in [4.69, 9.17) is 9.11 Å². The van der Waals surface area contributed by atoms with E-state index in [1.807, 2.05) is 0 Å². The Morgan fingerprint density at radius 1 is 1.20 bits per heavy atom. The first-order valence-corrected chi connectivity index (χ1v) is 4.96. The van der Waals surface area contributed by atoms with E-state index in [1.165, 1.54) is 12.2 Å². The standard InChI is InChI=1S/C6H12O3S/c1-3-5-10(7,8,9)6-4-2/h3-4H,1-2,5-6H2,(H2,7,8,9). The fourth-order valence-corrected chi connectivity index (χ4v) is 1.63. The van der Waals surface area contributed by atoms with Crippen molar-refractivity contribution in [2.45, 2.75) is 0 Å². The minimum absolute atomic E-state index is 0.302. The van der Waals surface area contributed by atoms with Crippen molar-refractivity contribution in [2.24, 2.45) is 0 Å². The maximum atomic E-state index is 11.0. The molecule has 2 N–H and O–H groups in total. The Kier molecular flexibility index (Phi) is 2.54. The van der Waals surface area contributed by atoms with Crippen LogP contribution in [0.15, 0.2) is 25.3 Å². The summed E-state index contributed by atoms with van der Waals surface area (Å²) in [6, 6.07) is 0. The van der Waals surface area contributed by atoms with Crippen LogP contribution in [-0.4, -0.2) is 24.8 Å². The molecule has 0 radical (unpaired) electrons. The number of rotatable bonds is 4. The molecule has 0 aromatic rings. The fraction of sp³-hybridized carbons (Fsp3) is 0.333. The van der Waals surface area contributed by atoms with E-state index in [-0.39, 0.29) is 11.5 Å². The second-order valence-corrected chi connectivity index (χ2v) is 5.14. The van der Waals surface area contributed by atoms with Gasteiger partial charge in [-0.25, -0.2) is 4.21 Å². The van der Waals surface area contributed by atoms with Crippen LogP contribution in [0, 0.1) is 0 Å². The topological polar surface area (TPSA) is 57.5 Å². The van der Waals surface area contributed by atoms with Gasteiger partial charge in [0.2, 0.25) is 0 Å². The lowest BCUT2D eigenvalue weighted by Crippen LogP contribution is -2.36. The van der Waals surface area contributed by atoms with Gasteiger partial charge in [0.05, 0.1) is 21.1 Å². The molecule has 4 heteroatoms. The molecule has 0 spiro atoms. The normalized spacial score (nSPS) is 15.2. The first-order chi connectivity index (χ1) is 4.39. The Bertz CT molecular complexity index is 185. The highest BCUT2D eigenvalue weighted by Gasteiger charge is 2.25. The quantitative estimate of drug-likeness (QED) is 0.612. The Morgan fingerprint density at radius 3 is 1.70 bits per heavy atom. The van der Waals surface area contributed by atoms with Gasteiger partial charge in [-0.15, -0.1) is 13.2 Å². The summed E-state index contributed by atoms with van der Waals surface area (Å²) in [5, 5.41) is 0. The van der Waals surface area contributed by atoms with E-state index in [2.05, 4.69) is 13.2 Å². The molecule has 0 aromatic heterocycles. The van der Waals surface area contributed by atoms with Gasteiger partial charge in [-0.05, 0) is 0 Å². The molecule has 0 atom stereocenters. The summed E-state index contributed by atoms with van der Waals surface area (Å²) in [7, 11) is -4.41. The molecule has 0 bridgehead atoms.